The molecule has 0 fully saturated rings. The van der Waals surface area contributed by atoms with Crippen molar-refractivity contribution in [1.82, 2.24) is 14.3 Å². The number of aryl methyl sites for hydroxylation is 1. The SMILES string of the molecule is Cc1cccc(Cn2nccc2NC(=O)Cn2cc([N+](=O)[O-])cc(C#N)c2=O)c1. The Kier molecular flexibility index (Phi) is 5.50. The number of rotatable bonds is 6. The maximum atomic E-state index is 12.4. The molecule has 10 nitrogen and oxygen atoms in total. The number of nitrogens with zero attached hydrogens (tertiary/aromatic N) is 5. The third-order valence-electron chi connectivity index (χ3n) is 4.12. The lowest BCUT2D eigenvalue weighted by atomic mass is 10.1. The van der Waals surface area contributed by atoms with Gasteiger partial charge in [0.05, 0.1) is 23.9 Å². The molecule has 1 amide bonds. The lowest BCUT2D eigenvalue weighted by Gasteiger charge is -2.11. The fourth-order valence-corrected chi connectivity index (χ4v) is 2.80. The van der Waals surface area contributed by atoms with E-state index in [1.165, 1.54) is 6.20 Å². The Morgan fingerprint density at radius 2 is 2.14 bits per heavy atom. The molecule has 0 aliphatic carbocycles. The van der Waals surface area contributed by atoms with Gasteiger partial charge < -0.3 is 5.32 Å². The fraction of sp³-hybridized carbons (Fsp3) is 0.158. The summed E-state index contributed by atoms with van der Waals surface area (Å²) in [5.41, 5.74) is 0.466. The van der Waals surface area contributed by atoms with Crippen molar-refractivity contribution in [2.75, 3.05) is 5.32 Å². The molecule has 0 bridgehead atoms. The minimum absolute atomic E-state index is 0.406. The summed E-state index contributed by atoms with van der Waals surface area (Å²) in [6, 6.07) is 11.9. The minimum atomic E-state index is -0.776. The van der Waals surface area contributed by atoms with Gasteiger partial charge in [-0.3, -0.25) is 24.3 Å². The number of amides is 1. The summed E-state index contributed by atoms with van der Waals surface area (Å²) in [5, 5.41) is 26.8. The van der Waals surface area contributed by atoms with Crippen molar-refractivity contribution in [2.24, 2.45) is 0 Å². The van der Waals surface area contributed by atoms with Crippen molar-refractivity contribution in [3.63, 3.8) is 0 Å². The second kappa shape index (κ2) is 8.18. The van der Waals surface area contributed by atoms with Gasteiger partial charge in [-0.1, -0.05) is 29.8 Å². The van der Waals surface area contributed by atoms with Gasteiger partial charge in [-0.2, -0.15) is 10.4 Å². The summed E-state index contributed by atoms with van der Waals surface area (Å²) < 4.78 is 2.43. The van der Waals surface area contributed by atoms with E-state index in [0.717, 1.165) is 28.0 Å². The van der Waals surface area contributed by atoms with E-state index >= 15 is 0 Å². The fourth-order valence-electron chi connectivity index (χ4n) is 2.80. The molecule has 2 aromatic heterocycles. The van der Waals surface area contributed by atoms with Crippen LogP contribution in [0.25, 0.3) is 0 Å². The molecule has 2 heterocycles. The third-order valence-corrected chi connectivity index (χ3v) is 4.12. The zero-order valence-corrected chi connectivity index (χ0v) is 15.4. The number of nitriles is 1. The Bertz CT molecular complexity index is 1190. The predicted octanol–water partition coefficient (Wildman–Crippen LogP) is 1.82. The number of nitro groups is 1. The minimum Gasteiger partial charge on any atom is -0.309 e. The van der Waals surface area contributed by atoms with Crippen LogP contribution < -0.4 is 10.9 Å². The van der Waals surface area contributed by atoms with Crippen molar-refractivity contribution in [3.05, 3.63) is 86.0 Å². The number of aromatic nitrogens is 3. The number of anilines is 1. The molecule has 0 spiro atoms. The summed E-state index contributed by atoms with van der Waals surface area (Å²) in [6.45, 7) is 1.92. The molecule has 0 aliphatic rings. The van der Waals surface area contributed by atoms with Crippen molar-refractivity contribution >= 4 is 17.4 Å². The van der Waals surface area contributed by atoms with Gasteiger partial charge in [0, 0.05) is 12.1 Å². The number of nitrogens with one attached hydrogen (secondary N) is 1. The van der Waals surface area contributed by atoms with Crippen LogP contribution in [0.5, 0.6) is 0 Å². The molecule has 0 aliphatic heterocycles. The number of benzene rings is 1. The van der Waals surface area contributed by atoms with Crippen LogP contribution in [-0.4, -0.2) is 25.2 Å². The quantitative estimate of drug-likeness (QED) is 0.502. The standard InChI is InChI=1S/C19H16N6O4/c1-13-3-2-4-14(7-13)10-24-17(5-6-21-24)22-18(26)12-23-11-16(25(28)29)8-15(9-20)19(23)27/h2-8,11H,10,12H2,1H3,(H,22,26). The maximum absolute atomic E-state index is 12.4. The molecule has 29 heavy (non-hydrogen) atoms. The Hall–Kier alpha value is -4.26. The maximum Gasteiger partial charge on any atom is 0.287 e. The van der Waals surface area contributed by atoms with Gasteiger partial charge in [0.15, 0.2) is 0 Å². The molecular weight excluding hydrogens is 376 g/mol. The molecule has 1 aromatic carbocycles. The smallest absolute Gasteiger partial charge is 0.287 e. The molecule has 1 N–H and O–H groups in total. The van der Waals surface area contributed by atoms with Crippen LogP contribution in [0.3, 0.4) is 0 Å². The van der Waals surface area contributed by atoms with E-state index in [0.29, 0.717) is 12.4 Å². The van der Waals surface area contributed by atoms with Crippen LogP contribution in [-0.2, 0) is 17.9 Å². The van der Waals surface area contributed by atoms with Crippen LogP contribution in [0.2, 0.25) is 0 Å². The number of carbonyl (C=O) groups is 1. The van der Waals surface area contributed by atoms with E-state index in [-0.39, 0.29) is 0 Å². The third kappa shape index (κ3) is 4.54. The lowest BCUT2D eigenvalue weighted by molar-refractivity contribution is -0.385. The zero-order chi connectivity index (χ0) is 21.0. The van der Waals surface area contributed by atoms with E-state index in [4.69, 9.17) is 5.26 Å². The molecule has 0 saturated heterocycles. The largest absolute Gasteiger partial charge is 0.309 e. The van der Waals surface area contributed by atoms with Crippen LogP contribution in [0.1, 0.15) is 16.7 Å². The van der Waals surface area contributed by atoms with Gasteiger partial charge in [0.1, 0.15) is 24.0 Å². The van der Waals surface area contributed by atoms with Crippen molar-refractivity contribution in [2.45, 2.75) is 20.0 Å². The molecule has 3 aromatic rings. The molecule has 146 valence electrons. The highest BCUT2D eigenvalue weighted by atomic mass is 16.6. The van der Waals surface area contributed by atoms with Crippen LogP contribution >= 0.6 is 0 Å². The molecule has 10 heteroatoms. The van der Waals surface area contributed by atoms with Gasteiger partial charge >= 0.3 is 0 Å². The van der Waals surface area contributed by atoms with Gasteiger partial charge in [-0.25, -0.2) is 4.68 Å². The number of carbonyl (C=O) groups excluding carboxylic acids is 1. The van der Waals surface area contributed by atoms with E-state index in [1.807, 2.05) is 31.2 Å². The summed E-state index contributed by atoms with van der Waals surface area (Å²) >= 11 is 0. The van der Waals surface area contributed by atoms with Crippen LogP contribution in [0, 0.1) is 28.4 Å². The highest BCUT2D eigenvalue weighted by Crippen LogP contribution is 2.13. The Labute approximate surface area is 164 Å². The Morgan fingerprint density at radius 1 is 1.34 bits per heavy atom. The van der Waals surface area contributed by atoms with Gasteiger partial charge in [-0.05, 0) is 12.5 Å². The Balaban J connectivity index is 1.78. The average molecular weight is 392 g/mol. The highest BCUT2D eigenvalue weighted by molar-refractivity contribution is 5.89. The number of hydrogen-bond donors (Lipinski definition) is 1. The van der Waals surface area contributed by atoms with Gasteiger partial charge in [-0.15, -0.1) is 0 Å². The summed E-state index contributed by atoms with van der Waals surface area (Å²) in [7, 11) is 0. The summed E-state index contributed by atoms with van der Waals surface area (Å²) in [5.74, 6) is -0.169. The summed E-state index contributed by atoms with van der Waals surface area (Å²) in [6.07, 6.45) is 2.46. The second-order valence-electron chi connectivity index (χ2n) is 6.33. The van der Waals surface area contributed by atoms with Crippen LogP contribution in [0.15, 0.2) is 53.6 Å². The first kappa shape index (κ1) is 19.5. The van der Waals surface area contributed by atoms with E-state index < -0.39 is 34.2 Å². The number of pyridine rings is 1. The first-order valence-electron chi connectivity index (χ1n) is 8.53. The van der Waals surface area contributed by atoms with Crippen molar-refractivity contribution in [3.8, 4) is 6.07 Å². The van der Waals surface area contributed by atoms with E-state index in [2.05, 4.69) is 10.4 Å². The van der Waals surface area contributed by atoms with Gasteiger partial charge in [0.25, 0.3) is 11.2 Å². The molecule has 0 saturated carbocycles. The predicted molar refractivity (Wildman–Crippen MR) is 103 cm³/mol. The van der Waals surface area contributed by atoms with E-state index in [9.17, 15) is 19.7 Å². The van der Waals surface area contributed by atoms with Crippen LogP contribution in [0.4, 0.5) is 11.5 Å². The topological polar surface area (TPSA) is 136 Å². The molecule has 3 rings (SSSR count). The zero-order valence-electron chi connectivity index (χ0n) is 15.4. The van der Waals surface area contributed by atoms with Gasteiger partial charge in [0.2, 0.25) is 5.91 Å². The lowest BCUT2D eigenvalue weighted by Crippen LogP contribution is -2.29. The second-order valence-corrected chi connectivity index (χ2v) is 6.33. The molecule has 0 atom stereocenters. The monoisotopic (exact) mass is 392 g/mol. The molecular formula is C19H16N6O4. The first-order valence-corrected chi connectivity index (χ1v) is 8.53. The average Bonchev–Trinajstić information content (AvgIpc) is 3.09. The summed E-state index contributed by atoms with van der Waals surface area (Å²) in [4.78, 5) is 34.8. The highest BCUT2D eigenvalue weighted by Gasteiger charge is 2.16. The molecule has 0 unspecified atom stereocenters. The van der Waals surface area contributed by atoms with Crippen molar-refractivity contribution in [1.29, 1.82) is 5.26 Å². The Morgan fingerprint density at radius 3 is 2.83 bits per heavy atom. The number of hydrogen-bond acceptors (Lipinski definition) is 6. The normalized spacial score (nSPS) is 10.3. The first-order chi connectivity index (χ1) is 13.9. The molecule has 0 radical (unpaired) electrons. The van der Waals surface area contributed by atoms with Crippen molar-refractivity contribution < 1.29 is 9.72 Å². The van der Waals surface area contributed by atoms with E-state index in [1.54, 1.807) is 16.8 Å².